The van der Waals surface area contributed by atoms with Crippen molar-refractivity contribution in [3.63, 3.8) is 0 Å². The second kappa shape index (κ2) is 4.69. The van der Waals surface area contributed by atoms with E-state index in [1.54, 1.807) is 0 Å². The molecule has 1 fully saturated rings. The Kier molecular flexibility index (Phi) is 3.50. The van der Waals surface area contributed by atoms with Crippen LogP contribution in [0.25, 0.3) is 0 Å². The molecular formula is C16H25NO2. The topological polar surface area (TPSA) is 31.4 Å². The lowest BCUT2D eigenvalue weighted by atomic mass is 9.91. The molecule has 1 saturated carbocycles. The fourth-order valence-electron chi connectivity index (χ4n) is 1.68. The summed E-state index contributed by atoms with van der Waals surface area (Å²) in [5, 5.41) is 0. The molecule has 1 aliphatic carbocycles. The molecule has 1 heterocycles. The summed E-state index contributed by atoms with van der Waals surface area (Å²) in [6.07, 6.45) is 2.70. The van der Waals surface area contributed by atoms with Crippen LogP contribution in [0.15, 0.2) is 12.1 Å². The maximum Gasteiger partial charge on any atom is 0.217 e. The lowest BCUT2D eigenvalue weighted by Crippen LogP contribution is -2.24. The smallest absolute Gasteiger partial charge is 0.217 e. The van der Waals surface area contributed by atoms with Gasteiger partial charge in [-0.1, -0.05) is 20.8 Å². The number of rotatable bonds is 3. The molecule has 0 radical (unpaired) electrons. The van der Waals surface area contributed by atoms with Gasteiger partial charge in [-0.25, -0.2) is 4.98 Å². The first-order chi connectivity index (χ1) is 8.63. The predicted octanol–water partition coefficient (Wildman–Crippen LogP) is 4.10. The standard InChI is InChI=1S/C16H25NO2/c1-15(2,3)13-9-12(18-11-7-8-11)10-14(17-13)19-16(4,5)6/h9-11H,7-8H2,1-6H3. The van der Waals surface area contributed by atoms with E-state index in [0.29, 0.717) is 12.0 Å². The highest BCUT2D eigenvalue weighted by Gasteiger charge is 2.26. The Hall–Kier alpha value is -1.25. The fraction of sp³-hybridized carbons (Fsp3) is 0.688. The van der Waals surface area contributed by atoms with Gasteiger partial charge in [0, 0.05) is 17.5 Å². The zero-order valence-corrected chi connectivity index (χ0v) is 12.9. The molecule has 19 heavy (non-hydrogen) atoms. The van der Waals surface area contributed by atoms with Gasteiger partial charge in [0.15, 0.2) is 0 Å². The van der Waals surface area contributed by atoms with E-state index >= 15 is 0 Å². The molecule has 0 saturated heterocycles. The Balaban J connectivity index is 2.30. The van der Waals surface area contributed by atoms with Crippen molar-refractivity contribution in [3.05, 3.63) is 17.8 Å². The largest absolute Gasteiger partial charge is 0.490 e. The van der Waals surface area contributed by atoms with Gasteiger partial charge in [-0.2, -0.15) is 0 Å². The van der Waals surface area contributed by atoms with Crippen LogP contribution in [0, 0.1) is 0 Å². The predicted molar refractivity (Wildman–Crippen MR) is 77.0 cm³/mol. The van der Waals surface area contributed by atoms with E-state index in [9.17, 15) is 0 Å². The molecule has 3 nitrogen and oxygen atoms in total. The zero-order valence-electron chi connectivity index (χ0n) is 12.9. The van der Waals surface area contributed by atoms with Crippen molar-refractivity contribution < 1.29 is 9.47 Å². The third-order valence-electron chi connectivity index (χ3n) is 2.78. The molecule has 0 spiro atoms. The molecule has 0 amide bonds. The van der Waals surface area contributed by atoms with Crippen molar-refractivity contribution in [2.24, 2.45) is 0 Å². The molecular weight excluding hydrogens is 238 g/mol. The van der Waals surface area contributed by atoms with Gasteiger partial charge < -0.3 is 9.47 Å². The molecule has 0 aromatic carbocycles. The van der Waals surface area contributed by atoms with Crippen LogP contribution in [0.4, 0.5) is 0 Å². The number of hydrogen-bond acceptors (Lipinski definition) is 3. The molecule has 0 bridgehead atoms. The molecule has 0 N–H and O–H groups in total. The van der Waals surface area contributed by atoms with Gasteiger partial charge in [-0.05, 0) is 33.6 Å². The van der Waals surface area contributed by atoms with E-state index in [1.165, 1.54) is 0 Å². The summed E-state index contributed by atoms with van der Waals surface area (Å²) in [7, 11) is 0. The lowest BCUT2D eigenvalue weighted by molar-refractivity contribution is 0.122. The fourth-order valence-corrected chi connectivity index (χ4v) is 1.68. The Morgan fingerprint density at radius 1 is 1.05 bits per heavy atom. The van der Waals surface area contributed by atoms with Crippen molar-refractivity contribution in [3.8, 4) is 11.6 Å². The van der Waals surface area contributed by atoms with Crippen molar-refractivity contribution in [2.75, 3.05) is 0 Å². The number of hydrogen-bond donors (Lipinski definition) is 0. The van der Waals surface area contributed by atoms with Crippen molar-refractivity contribution >= 4 is 0 Å². The molecule has 3 heteroatoms. The molecule has 106 valence electrons. The Labute approximate surface area is 116 Å². The average Bonchev–Trinajstić information content (AvgIpc) is 2.96. The van der Waals surface area contributed by atoms with E-state index in [0.717, 1.165) is 24.3 Å². The van der Waals surface area contributed by atoms with Gasteiger partial charge >= 0.3 is 0 Å². The SMILES string of the molecule is CC(C)(C)Oc1cc(OC2CC2)cc(C(C)(C)C)n1. The number of ether oxygens (including phenoxy) is 2. The van der Waals surface area contributed by atoms with Gasteiger partial charge in [-0.15, -0.1) is 0 Å². The highest BCUT2D eigenvalue weighted by atomic mass is 16.5. The van der Waals surface area contributed by atoms with Crippen LogP contribution in [-0.2, 0) is 5.41 Å². The first kappa shape index (κ1) is 14.2. The minimum atomic E-state index is -0.250. The van der Waals surface area contributed by atoms with Crippen LogP contribution in [0.1, 0.15) is 60.1 Å². The van der Waals surface area contributed by atoms with Gasteiger partial charge in [0.25, 0.3) is 0 Å². The second-order valence-electron chi connectivity index (χ2n) is 7.31. The van der Waals surface area contributed by atoms with E-state index < -0.39 is 0 Å². The highest BCUT2D eigenvalue weighted by molar-refractivity contribution is 5.34. The highest BCUT2D eigenvalue weighted by Crippen LogP contribution is 2.33. The quantitative estimate of drug-likeness (QED) is 0.822. The number of nitrogens with zero attached hydrogens (tertiary/aromatic N) is 1. The summed E-state index contributed by atoms with van der Waals surface area (Å²) >= 11 is 0. The van der Waals surface area contributed by atoms with Crippen molar-refractivity contribution in [2.45, 2.75) is 71.5 Å². The maximum absolute atomic E-state index is 5.90. The van der Waals surface area contributed by atoms with Crippen LogP contribution < -0.4 is 9.47 Å². The Morgan fingerprint density at radius 3 is 2.16 bits per heavy atom. The second-order valence-corrected chi connectivity index (χ2v) is 7.31. The van der Waals surface area contributed by atoms with Crippen LogP contribution in [0.5, 0.6) is 11.6 Å². The van der Waals surface area contributed by atoms with E-state index in [2.05, 4.69) is 25.8 Å². The van der Waals surface area contributed by atoms with E-state index in [1.807, 2.05) is 32.9 Å². The maximum atomic E-state index is 5.90. The molecule has 0 unspecified atom stereocenters. The third-order valence-corrected chi connectivity index (χ3v) is 2.78. The third kappa shape index (κ3) is 4.41. The summed E-state index contributed by atoms with van der Waals surface area (Å²) in [6.45, 7) is 12.5. The normalized spacial score (nSPS) is 16.3. The first-order valence-electron chi connectivity index (χ1n) is 7.02. The van der Waals surface area contributed by atoms with Gasteiger partial charge in [0.1, 0.15) is 11.4 Å². The summed E-state index contributed by atoms with van der Waals surface area (Å²) in [5.74, 6) is 1.53. The van der Waals surface area contributed by atoms with Crippen LogP contribution in [-0.4, -0.2) is 16.7 Å². The van der Waals surface area contributed by atoms with Crippen LogP contribution >= 0.6 is 0 Å². The number of pyridine rings is 1. The van der Waals surface area contributed by atoms with Gasteiger partial charge in [-0.3, -0.25) is 0 Å². The van der Waals surface area contributed by atoms with Gasteiger partial charge in [0.2, 0.25) is 5.88 Å². The monoisotopic (exact) mass is 263 g/mol. The molecule has 0 atom stereocenters. The Morgan fingerprint density at radius 2 is 1.68 bits per heavy atom. The summed E-state index contributed by atoms with van der Waals surface area (Å²) < 4.78 is 11.8. The van der Waals surface area contributed by atoms with Crippen LogP contribution in [0.2, 0.25) is 0 Å². The molecule has 1 aromatic rings. The van der Waals surface area contributed by atoms with Crippen molar-refractivity contribution in [1.82, 2.24) is 4.98 Å². The number of aromatic nitrogens is 1. The zero-order chi connectivity index (χ0) is 14.3. The minimum Gasteiger partial charge on any atom is -0.490 e. The average molecular weight is 263 g/mol. The first-order valence-corrected chi connectivity index (χ1v) is 7.02. The summed E-state index contributed by atoms with van der Waals surface area (Å²) in [6, 6.07) is 3.94. The minimum absolute atomic E-state index is 0.0150. The molecule has 1 aromatic heterocycles. The molecule has 0 aliphatic heterocycles. The summed E-state index contributed by atoms with van der Waals surface area (Å²) in [5.41, 5.74) is 0.740. The van der Waals surface area contributed by atoms with Gasteiger partial charge in [0.05, 0.1) is 11.8 Å². The van der Waals surface area contributed by atoms with E-state index in [-0.39, 0.29) is 11.0 Å². The van der Waals surface area contributed by atoms with Crippen LogP contribution in [0.3, 0.4) is 0 Å². The lowest BCUT2D eigenvalue weighted by Gasteiger charge is -2.24. The van der Waals surface area contributed by atoms with Crippen molar-refractivity contribution in [1.29, 1.82) is 0 Å². The molecule has 1 aliphatic rings. The molecule has 2 rings (SSSR count). The summed E-state index contributed by atoms with van der Waals surface area (Å²) in [4.78, 5) is 4.62. The van der Waals surface area contributed by atoms with E-state index in [4.69, 9.17) is 9.47 Å². The Bertz CT molecular complexity index is 451.